The van der Waals surface area contributed by atoms with Gasteiger partial charge in [0.15, 0.2) is 10.9 Å². The average molecular weight is 376 g/mol. The SMILES string of the molecule is CC(=O)c1sc(NC(=O)c2ccc3c(c2)CCCC3)nc1-c1ccccc1. The van der Waals surface area contributed by atoms with Crippen molar-refractivity contribution in [1.29, 1.82) is 0 Å². The molecule has 5 heteroatoms. The van der Waals surface area contributed by atoms with Crippen LogP contribution in [0.4, 0.5) is 5.13 Å². The van der Waals surface area contributed by atoms with E-state index in [0.717, 1.165) is 18.4 Å². The number of amides is 1. The van der Waals surface area contributed by atoms with Crippen molar-refractivity contribution in [2.75, 3.05) is 5.32 Å². The largest absolute Gasteiger partial charge is 0.298 e. The molecule has 0 bridgehead atoms. The number of ketones is 1. The van der Waals surface area contributed by atoms with E-state index in [9.17, 15) is 9.59 Å². The summed E-state index contributed by atoms with van der Waals surface area (Å²) in [5, 5.41) is 3.31. The van der Waals surface area contributed by atoms with Crippen LogP contribution in [0.25, 0.3) is 11.3 Å². The second-order valence-electron chi connectivity index (χ2n) is 6.76. The number of hydrogen-bond donors (Lipinski definition) is 1. The first-order valence-electron chi connectivity index (χ1n) is 9.12. The number of benzene rings is 2. The third kappa shape index (κ3) is 3.69. The maximum absolute atomic E-state index is 12.7. The van der Waals surface area contributed by atoms with Gasteiger partial charge in [0.05, 0.1) is 10.6 Å². The van der Waals surface area contributed by atoms with E-state index >= 15 is 0 Å². The van der Waals surface area contributed by atoms with Crippen molar-refractivity contribution in [2.24, 2.45) is 0 Å². The molecule has 0 spiro atoms. The molecule has 0 fully saturated rings. The molecule has 0 aliphatic heterocycles. The molecular formula is C22H20N2O2S. The molecule has 1 aromatic heterocycles. The van der Waals surface area contributed by atoms with Crippen molar-refractivity contribution in [3.8, 4) is 11.3 Å². The van der Waals surface area contributed by atoms with Crippen LogP contribution in [-0.4, -0.2) is 16.7 Å². The minimum atomic E-state index is -0.188. The summed E-state index contributed by atoms with van der Waals surface area (Å²) in [6, 6.07) is 15.5. The van der Waals surface area contributed by atoms with Gasteiger partial charge in [-0.15, -0.1) is 0 Å². The summed E-state index contributed by atoms with van der Waals surface area (Å²) >= 11 is 1.22. The van der Waals surface area contributed by atoms with E-state index in [1.807, 2.05) is 42.5 Å². The van der Waals surface area contributed by atoms with Crippen LogP contribution in [0.5, 0.6) is 0 Å². The predicted molar refractivity (Wildman–Crippen MR) is 109 cm³/mol. The number of nitrogens with one attached hydrogen (secondary N) is 1. The first-order valence-corrected chi connectivity index (χ1v) is 9.94. The van der Waals surface area contributed by atoms with Gasteiger partial charge in [0.25, 0.3) is 5.91 Å². The highest BCUT2D eigenvalue weighted by atomic mass is 32.1. The molecule has 136 valence electrons. The van der Waals surface area contributed by atoms with Gasteiger partial charge >= 0.3 is 0 Å². The van der Waals surface area contributed by atoms with E-state index in [0.29, 0.717) is 21.3 Å². The number of nitrogens with zero attached hydrogens (tertiary/aromatic N) is 1. The van der Waals surface area contributed by atoms with Crippen molar-refractivity contribution in [2.45, 2.75) is 32.6 Å². The van der Waals surface area contributed by atoms with Gasteiger partial charge in [-0.25, -0.2) is 4.98 Å². The number of rotatable bonds is 4. The highest BCUT2D eigenvalue weighted by Gasteiger charge is 2.19. The van der Waals surface area contributed by atoms with E-state index in [-0.39, 0.29) is 11.7 Å². The Bertz CT molecular complexity index is 1010. The number of carbonyl (C=O) groups is 2. The molecule has 27 heavy (non-hydrogen) atoms. The van der Waals surface area contributed by atoms with Crippen molar-refractivity contribution in [1.82, 2.24) is 4.98 Å². The molecular weight excluding hydrogens is 356 g/mol. The molecule has 0 atom stereocenters. The van der Waals surface area contributed by atoms with Crippen molar-refractivity contribution >= 4 is 28.2 Å². The van der Waals surface area contributed by atoms with Crippen LogP contribution in [0, 0.1) is 0 Å². The lowest BCUT2D eigenvalue weighted by Gasteiger charge is -2.16. The maximum Gasteiger partial charge on any atom is 0.257 e. The Morgan fingerprint density at radius 3 is 2.48 bits per heavy atom. The van der Waals surface area contributed by atoms with Crippen LogP contribution in [0.1, 0.15) is 50.9 Å². The first-order chi connectivity index (χ1) is 13.1. The molecule has 1 N–H and O–H groups in total. The van der Waals surface area contributed by atoms with Crippen LogP contribution in [0.3, 0.4) is 0 Å². The fourth-order valence-corrected chi connectivity index (χ4v) is 4.33. The van der Waals surface area contributed by atoms with Crippen LogP contribution >= 0.6 is 11.3 Å². The van der Waals surface area contributed by atoms with Crippen molar-refractivity contribution < 1.29 is 9.59 Å². The standard InChI is InChI=1S/C22H20N2O2S/c1-14(25)20-19(16-8-3-2-4-9-16)23-22(27-20)24-21(26)18-12-11-15-7-5-6-10-17(15)13-18/h2-4,8-9,11-13H,5-7,10H2,1H3,(H,23,24,26). The zero-order valence-corrected chi connectivity index (χ0v) is 15.9. The van der Waals surface area contributed by atoms with E-state index in [4.69, 9.17) is 0 Å². The predicted octanol–water partition coefficient (Wildman–Crippen LogP) is 5.14. The molecule has 0 unspecified atom stereocenters. The lowest BCUT2D eigenvalue weighted by molar-refractivity contribution is 0.101. The molecule has 3 aromatic rings. The molecule has 0 saturated carbocycles. The summed E-state index contributed by atoms with van der Waals surface area (Å²) in [6.45, 7) is 1.52. The second kappa shape index (κ2) is 7.45. The summed E-state index contributed by atoms with van der Waals surface area (Å²) in [5.41, 5.74) is 4.73. The number of Topliss-reactive ketones (excluding diaryl/α,β-unsaturated/α-hetero) is 1. The molecule has 1 aliphatic carbocycles. The molecule has 1 heterocycles. The number of aryl methyl sites for hydroxylation is 2. The van der Waals surface area contributed by atoms with Crippen molar-refractivity contribution in [3.05, 3.63) is 70.1 Å². The number of thiazole rings is 1. The fourth-order valence-electron chi connectivity index (χ4n) is 3.45. The van der Waals surface area contributed by atoms with E-state index in [2.05, 4.69) is 16.4 Å². The summed E-state index contributed by atoms with van der Waals surface area (Å²) < 4.78 is 0. The Labute approximate surface area is 162 Å². The summed E-state index contributed by atoms with van der Waals surface area (Å²) in [4.78, 5) is 29.8. The number of anilines is 1. The van der Waals surface area contributed by atoms with Crippen LogP contribution < -0.4 is 5.32 Å². The lowest BCUT2D eigenvalue weighted by Crippen LogP contribution is -2.13. The molecule has 1 aliphatic rings. The van der Waals surface area contributed by atoms with Crippen LogP contribution in [0.15, 0.2) is 48.5 Å². The third-order valence-electron chi connectivity index (χ3n) is 4.83. The minimum Gasteiger partial charge on any atom is -0.298 e. The number of hydrogen-bond acceptors (Lipinski definition) is 4. The Kier molecular flexibility index (Phi) is 4.86. The van der Waals surface area contributed by atoms with Crippen molar-refractivity contribution in [3.63, 3.8) is 0 Å². The third-order valence-corrected chi connectivity index (χ3v) is 5.90. The van der Waals surface area contributed by atoms with Crippen LogP contribution in [-0.2, 0) is 12.8 Å². The molecule has 0 saturated heterocycles. The van der Waals surface area contributed by atoms with Gasteiger partial charge in [-0.2, -0.15) is 0 Å². The van der Waals surface area contributed by atoms with E-state index in [1.165, 1.54) is 42.2 Å². The minimum absolute atomic E-state index is 0.0550. The normalized spacial score (nSPS) is 13.1. The van der Waals surface area contributed by atoms with Crippen LogP contribution in [0.2, 0.25) is 0 Å². The highest BCUT2D eigenvalue weighted by Crippen LogP contribution is 2.32. The highest BCUT2D eigenvalue weighted by molar-refractivity contribution is 7.18. The Hall–Kier alpha value is -2.79. The fraction of sp³-hybridized carbons (Fsp3) is 0.227. The van der Waals surface area contributed by atoms with Gasteiger partial charge in [-0.3, -0.25) is 14.9 Å². The Balaban J connectivity index is 1.61. The smallest absolute Gasteiger partial charge is 0.257 e. The first kappa shape index (κ1) is 17.6. The Morgan fingerprint density at radius 1 is 1.00 bits per heavy atom. The quantitative estimate of drug-likeness (QED) is 0.641. The zero-order valence-electron chi connectivity index (χ0n) is 15.1. The van der Waals surface area contributed by atoms with E-state index in [1.54, 1.807) is 0 Å². The van der Waals surface area contributed by atoms with Gasteiger partial charge in [-0.05, 0) is 48.9 Å². The number of aromatic nitrogens is 1. The monoisotopic (exact) mass is 376 g/mol. The summed E-state index contributed by atoms with van der Waals surface area (Å²) in [7, 11) is 0. The summed E-state index contributed by atoms with van der Waals surface area (Å²) in [6.07, 6.45) is 4.51. The van der Waals surface area contributed by atoms with E-state index < -0.39 is 0 Å². The van der Waals surface area contributed by atoms with Gasteiger partial charge in [0.1, 0.15) is 0 Å². The number of carbonyl (C=O) groups excluding carboxylic acids is 2. The summed E-state index contributed by atoms with van der Waals surface area (Å²) in [5.74, 6) is -0.243. The topological polar surface area (TPSA) is 59.1 Å². The van der Waals surface area contributed by atoms with Gasteiger partial charge < -0.3 is 0 Å². The zero-order chi connectivity index (χ0) is 18.8. The Morgan fingerprint density at radius 2 is 1.74 bits per heavy atom. The number of fused-ring (bicyclic) bond motifs is 1. The van der Waals surface area contributed by atoms with Gasteiger partial charge in [0.2, 0.25) is 0 Å². The molecule has 4 nitrogen and oxygen atoms in total. The molecule has 2 aromatic carbocycles. The lowest BCUT2D eigenvalue weighted by atomic mass is 9.90. The molecule has 0 radical (unpaired) electrons. The maximum atomic E-state index is 12.7. The average Bonchev–Trinajstić information content (AvgIpc) is 3.12. The van der Waals surface area contributed by atoms with Gasteiger partial charge in [0, 0.05) is 18.1 Å². The molecule has 4 rings (SSSR count). The molecule has 1 amide bonds. The second-order valence-corrected chi connectivity index (χ2v) is 7.76. The van der Waals surface area contributed by atoms with Gasteiger partial charge in [-0.1, -0.05) is 47.7 Å².